The highest BCUT2D eigenvalue weighted by Crippen LogP contribution is 2.31. The van der Waals surface area contributed by atoms with Gasteiger partial charge in [-0.25, -0.2) is 8.42 Å². The quantitative estimate of drug-likeness (QED) is 0.764. The number of carboxylic acids is 1. The first-order valence-corrected chi connectivity index (χ1v) is 10.4. The second-order valence-electron chi connectivity index (χ2n) is 7.17. The summed E-state index contributed by atoms with van der Waals surface area (Å²) in [5, 5.41) is 19.6. The number of ether oxygens (including phenoxy) is 1. The van der Waals surface area contributed by atoms with Crippen LogP contribution in [0.5, 0.6) is 5.75 Å². The Morgan fingerprint density at radius 2 is 1.82 bits per heavy atom. The molecule has 0 amide bonds. The fraction of sp³-hybridized carbons (Fsp3) is 0.350. The monoisotopic (exact) mass is 405 g/mol. The molecule has 150 valence electrons. The van der Waals surface area contributed by atoms with Gasteiger partial charge in [-0.05, 0) is 43.2 Å². The minimum Gasteiger partial charge on any atom is -0.489 e. The molecule has 2 aromatic carbocycles. The molecule has 2 unspecified atom stereocenters. The average Bonchev–Trinajstić information content (AvgIpc) is 2.66. The molecule has 1 aliphatic rings. The van der Waals surface area contributed by atoms with Crippen molar-refractivity contribution in [3.8, 4) is 5.75 Å². The summed E-state index contributed by atoms with van der Waals surface area (Å²) >= 11 is 0. The van der Waals surface area contributed by atoms with Crippen LogP contribution < -0.4 is 4.74 Å². The summed E-state index contributed by atoms with van der Waals surface area (Å²) in [5.41, 5.74) is -0.214. The summed E-state index contributed by atoms with van der Waals surface area (Å²) in [7, 11) is -4.00. The van der Waals surface area contributed by atoms with Crippen molar-refractivity contribution in [3.05, 3.63) is 60.2 Å². The van der Waals surface area contributed by atoms with Crippen LogP contribution >= 0.6 is 0 Å². The van der Waals surface area contributed by atoms with E-state index in [2.05, 4.69) is 0 Å². The third-order valence-corrected chi connectivity index (χ3v) is 6.74. The average molecular weight is 405 g/mol. The van der Waals surface area contributed by atoms with Crippen molar-refractivity contribution >= 4 is 16.0 Å². The molecule has 1 fully saturated rings. The molecule has 2 aromatic rings. The zero-order valence-electron chi connectivity index (χ0n) is 15.5. The lowest BCUT2D eigenvalue weighted by Gasteiger charge is -2.39. The number of aliphatic hydroxyl groups is 1. The van der Waals surface area contributed by atoms with Crippen molar-refractivity contribution in [2.45, 2.75) is 42.9 Å². The third-order valence-electron chi connectivity index (χ3n) is 4.82. The first-order valence-electron chi connectivity index (χ1n) is 8.93. The molecule has 7 nitrogen and oxygen atoms in total. The summed E-state index contributed by atoms with van der Waals surface area (Å²) < 4.78 is 32.5. The number of nitrogens with zero attached hydrogens (tertiary/aromatic N) is 1. The summed E-state index contributed by atoms with van der Waals surface area (Å²) in [4.78, 5) is 11.6. The lowest BCUT2D eigenvalue weighted by Crippen LogP contribution is -2.54. The predicted molar refractivity (Wildman–Crippen MR) is 102 cm³/mol. The smallest absolute Gasteiger partial charge is 0.322 e. The van der Waals surface area contributed by atoms with E-state index in [1.165, 1.54) is 19.1 Å². The Balaban J connectivity index is 1.75. The molecule has 3 rings (SSSR count). The number of carboxylic acid groups (broad SMARTS) is 1. The fourth-order valence-corrected chi connectivity index (χ4v) is 4.79. The highest BCUT2D eigenvalue weighted by Gasteiger charge is 2.44. The molecule has 1 saturated heterocycles. The Hall–Kier alpha value is -2.42. The molecule has 1 heterocycles. The number of hydrogen-bond donors (Lipinski definition) is 2. The minimum atomic E-state index is -4.00. The first kappa shape index (κ1) is 20.3. The SMILES string of the molecule is CC1(O)CCN(S(=O)(=O)c2ccc(OCc3ccccc3)cc2)C(C(=O)O)C1. The van der Waals surface area contributed by atoms with Gasteiger partial charge in [0, 0.05) is 13.0 Å². The van der Waals surface area contributed by atoms with E-state index in [0.29, 0.717) is 12.4 Å². The zero-order chi connectivity index (χ0) is 20.4. The Morgan fingerprint density at radius 3 is 2.43 bits per heavy atom. The van der Waals surface area contributed by atoms with Crippen molar-refractivity contribution in [3.63, 3.8) is 0 Å². The number of piperidine rings is 1. The minimum absolute atomic E-state index is 0.00708. The maximum Gasteiger partial charge on any atom is 0.322 e. The Bertz CT molecular complexity index is 925. The summed E-state index contributed by atoms with van der Waals surface area (Å²) in [6.07, 6.45) is 0.0219. The van der Waals surface area contributed by atoms with Crippen LogP contribution in [0.4, 0.5) is 0 Å². The predicted octanol–water partition coefficient (Wildman–Crippen LogP) is 2.25. The van der Waals surface area contributed by atoms with Gasteiger partial charge in [0.15, 0.2) is 0 Å². The normalized spacial score (nSPS) is 23.3. The molecule has 2 atom stereocenters. The lowest BCUT2D eigenvalue weighted by atomic mass is 9.90. The molecule has 0 saturated carbocycles. The molecule has 0 aromatic heterocycles. The van der Waals surface area contributed by atoms with Crippen molar-refractivity contribution in [2.75, 3.05) is 6.54 Å². The highest BCUT2D eigenvalue weighted by atomic mass is 32.2. The van der Waals surface area contributed by atoms with Crippen LogP contribution in [0.2, 0.25) is 0 Å². The standard InChI is InChI=1S/C20H23NO6S/c1-20(24)11-12-21(18(13-20)19(22)23)28(25,26)17-9-7-16(8-10-17)27-14-15-5-3-2-4-6-15/h2-10,18,24H,11-14H2,1H3,(H,22,23). The topological polar surface area (TPSA) is 104 Å². The van der Waals surface area contributed by atoms with Gasteiger partial charge in [0.05, 0.1) is 10.5 Å². The maximum absolute atomic E-state index is 12.9. The summed E-state index contributed by atoms with van der Waals surface area (Å²) in [6.45, 7) is 1.82. The molecule has 0 radical (unpaired) electrons. The molecule has 28 heavy (non-hydrogen) atoms. The Kier molecular flexibility index (Phi) is 5.74. The number of benzene rings is 2. The van der Waals surface area contributed by atoms with E-state index in [9.17, 15) is 23.4 Å². The van der Waals surface area contributed by atoms with Crippen LogP contribution in [0.3, 0.4) is 0 Å². The van der Waals surface area contributed by atoms with Gasteiger partial charge in [-0.1, -0.05) is 30.3 Å². The summed E-state index contributed by atoms with van der Waals surface area (Å²) in [6, 6.07) is 14.2. The number of rotatable bonds is 6. The van der Waals surface area contributed by atoms with Crippen LogP contribution in [0, 0.1) is 0 Å². The Morgan fingerprint density at radius 1 is 1.18 bits per heavy atom. The Labute approximate surface area is 164 Å². The second kappa shape index (κ2) is 7.90. The van der Waals surface area contributed by atoms with Crippen LogP contribution in [0.1, 0.15) is 25.3 Å². The van der Waals surface area contributed by atoms with Crippen LogP contribution in [-0.2, 0) is 21.4 Å². The summed E-state index contributed by atoms with van der Waals surface area (Å²) in [5.74, 6) is -0.759. The largest absolute Gasteiger partial charge is 0.489 e. The fourth-order valence-electron chi connectivity index (χ4n) is 3.21. The van der Waals surface area contributed by atoms with E-state index in [1.807, 2.05) is 30.3 Å². The van der Waals surface area contributed by atoms with E-state index in [0.717, 1.165) is 9.87 Å². The van der Waals surface area contributed by atoms with E-state index in [4.69, 9.17) is 4.74 Å². The molecule has 8 heteroatoms. The van der Waals surface area contributed by atoms with Gasteiger partial charge in [-0.2, -0.15) is 4.31 Å². The van der Waals surface area contributed by atoms with Crippen LogP contribution in [0.15, 0.2) is 59.5 Å². The van der Waals surface area contributed by atoms with Gasteiger partial charge in [0.1, 0.15) is 18.4 Å². The van der Waals surface area contributed by atoms with Crippen molar-refractivity contribution in [1.29, 1.82) is 0 Å². The number of carbonyl (C=O) groups is 1. The maximum atomic E-state index is 12.9. The van der Waals surface area contributed by atoms with Gasteiger partial charge in [-0.15, -0.1) is 0 Å². The second-order valence-corrected chi connectivity index (χ2v) is 9.06. The van der Waals surface area contributed by atoms with Gasteiger partial charge < -0.3 is 14.9 Å². The van der Waals surface area contributed by atoms with E-state index in [-0.39, 0.29) is 24.3 Å². The van der Waals surface area contributed by atoms with E-state index in [1.54, 1.807) is 12.1 Å². The molecular weight excluding hydrogens is 382 g/mol. The van der Waals surface area contributed by atoms with Gasteiger partial charge in [0.25, 0.3) is 0 Å². The molecular formula is C20H23NO6S. The molecule has 2 N–H and O–H groups in total. The van der Waals surface area contributed by atoms with E-state index < -0.39 is 27.6 Å². The number of hydrogen-bond acceptors (Lipinski definition) is 5. The van der Waals surface area contributed by atoms with Crippen molar-refractivity contribution < 1.29 is 28.2 Å². The highest BCUT2D eigenvalue weighted by molar-refractivity contribution is 7.89. The lowest BCUT2D eigenvalue weighted by molar-refractivity contribution is -0.146. The van der Waals surface area contributed by atoms with Gasteiger partial charge >= 0.3 is 5.97 Å². The molecule has 0 bridgehead atoms. The third kappa shape index (κ3) is 4.52. The zero-order valence-corrected chi connectivity index (χ0v) is 16.3. The molecule has 1 aliphatic heterocycles. The number of sulfonamides is 1. The van der Waals surface area contributed by atoms with Gasteiger partial charge in [0.2, 0.25) is 10.0 Å². The van der Waals surface area contributed by atoms with Crippen LogP contribution in [-0.4, -0.2) is 47.1 Å². The van der Waals surface area contributed by atoms with E-state index >= 15 is 0 Å². The number of aliphatic carboxylic acids is 1. The molecule has 0 spiro atoms. The van der Waals surface area contributed by atoms with Crippen molar-refractivity contribution in [1.82, 2.24) is 4.31 Å². The van der Waals surface area contributed by atoms with Crippen LogP contribution in [0.25, 0.3) is 0 Å². The first-order chi connectivity index (χ1) is 13.2. The molecule has 0 aliphatic carbocycles. The van der Waals surface area contributed by atoms with Gasteiger partial charge in [-0.3, -0.25) is 4.79 Å². The van der Waals surface area contributed by atoms with Crippen molar-refractivity contribution in [2.24, 2.45) is 0 Å².